The first kappa shape index (κ1) is 16.8. The first-order valence-electron chi connectivity index (χ1n) is 8.47. The van der Waals surface area contributed by atoms with E-state index in [4.69, 9.17) is 5.11 Å². The lowest BCUT2D eigenvalue weighted by Crippen LogP contribution is -2.55. The van der Waals surface area contributed by atoms with Crippen molar-refractivity contribution in [2.75, 3.05) is 0 Å². The molecule has 0 aromatic heterocycles. The first-order valence-corrected chi connectivity index (χ1v) is 8.47. The third-order valence-electron chi connectivity index (χ3n) is 5.14. The molecule has 5 heteroatoms. The van der Waals surface area contributed by atoms with Gasteiger partial charge in [0.2, 0.25) is 0 Å². The number of hydrogen-bond acceptors (Lipinski definition) is 2. The van der Waals surface area contributed by atoms with Crippen LogP contribution >= 0.6 is 0 Å². The molecule has 2 amide bonds. The van der Waals surface area contributed by atoms with Crippen LogP contribution in [0.4, 0.5) is 4.79 Å². The zero-order valence-electron chi connectivity index (χ0n) is 13.3. The van der Waals surface area contributed by atoms with Crippen LogP contribution in [0.2, 0.25) is 0 Å². The fraction of sp³-hybridized carbons (Fsp3) is 0.765. The fourth-order valence-electron chi connectivity index (χ4n) is 3.83. The van der Waals surface area contributed by atoms with Gasteiger partial charge in [0.25, 0.3) is 0 Å². The number of urea groups is 1. The summed E-state index contributed by atoms with van der Waals surface area (Å²) in [7, 11) is 0. The molecule has 0 heterocycles. The molecule has 0 atom stereocenters. The Labute approximate surface area is 132 Å². The molecule has 0 unspecified atom stereocenters. The highest BCUT2D eigenvalue weighted by molar-refractivity contribution is 5.75. The Balaban J connectivity index is 1.81. The van der Waals surface area contributed by atoms with Crippen molar-refractivity contribution in [3.8, 4) is 0 Å². The molecule has 2 fully saturated rings. The molecular weight excluding hydrogens is 280 g/mol. The van der Waals surface area contributed by atoms with Crippen molar-refractivity contribution in [3.05, 3.63) is 12.7 Å². The van der Waals surface area contributed by atoms with E-state index in [9.17, 15) is 9.59 Å². The maximum Gasteiger partial charge on any atom is 0.315 e. The Bertz CT molecular complexity index is 408. The summed E-state index contributed by atoms with van der Waals surface area (Å²) in [6.45, 7) is 3.82. The maximum atomic E-state index is 12.3. The van der Waals surface area contributed by atoms with E-state index < -0.39 is 5.97 Å². The lowest BCUT2D eigenvalue weighted by atomic mass is 9.79. The molecule has 0 bridgehead atoms. The number of carboxylic acid groups (broad SMARTS) is 1. The Kier molecular flexibility index (Phi) is 5.86. The van der Waals surface area contributed by atoms with E-state index in [0.29, 0.717) is 12.8 Å². The van der Waals surface area contributed by atoms with Crippen molar-refractivity contribution < 1.29 is 14.7 Å². The second-order valence-electron chi connectivity index (χ2n) is 6.82. The van der Waals surface area contributed by atoms with E-state index >= 15 is 0 Å². The molecule has 2 rings (SSSR count). The van der Waals surface area contributed by atoms with E-state index in [1.165, 1.54) is 6.42 Å². The molecule has 3 N–H and O–H groups in total. The highest BCUT2D eigenvalue weighted by Gasteiger charge is 2.33. The number of amides is 2. The Hall–Kier alpha value is -1.52. The molecule has 0 saturated heterocycles. The van der Waals surface area contributed by atoms with Crippen LogP contribution in [0.3, 0.4) is 0 Å². The van der Waals surface area contributed by atoms with Gasteiger partial charge in [0.05, 0.1) is 5.92 Å². The summed E-state index contributed by atoms with van der Waals surface area (Å²) in [6, 6.07) is -0.0116. The minimum Gasteiger partial charge on any atom is -0.481 e. The second kappa shape index (κ2) is 7.65. The van der Waals surface area contributed by atoms with Crippen molar-refractivity contribution in [2.45, 2.75) is 75.8 Å². The molecule has 0 radical (unpaired) electrons. The Morgan fingerprint density at radius 1 is 1.14 bits per heavy atom. The third kappa shape index (κ3) is 4.49. The van der Waals surface area contributed by atoms with Gasteiger partial charge in [0.15, 0.2) is 0 Å². The van der Waals surface area contributed by atoms with Crippen molar-refractivity contribution in [1.29, 1.82) is 0 Å². The van der Waals surface area contributed by atoms with Crippen LogP contribution in [0.5, 0.6) is 0 Å². The summed E-state index contributed by atoms with van der Waals surface area (Å²) < 4.78 is 0. The molecule has 0 spiro atoms. The van der Waals surface area contributed by atoms with Crippen LogP contribution in [0.15, 0.2) is 12.7 Å². The van der Waals surface area contributed by atoms with Crippen molar-refractivity contribution in [2.24, 2.45) is 5.92 Å². The first-order chi connectivity index (χ1) is 10.5. The predicted octanol–water partition coefficient (Wildman–Crippen LogP) is 3.21. The number of nitrogens with one attached hydrogen (secondary N) is 2. The van der Waals surface area contributed by atoms with Gasteiger partial charge in [-0.1, -0.05) is 25.3 Å². The van der Waals surface area contributed by atoms with Crippen LogP contribution in [0.25, 0.3) is 0 Å². The van der Waals surface area contributed by atoms with Crippen molar-refractivity contribution >= 4 is 12.0 Å². The number of carbonyl (C=O) groups excluding carboxylic acids is 1. The van der Waals surface area contributed by atoms with Gasteiger partial charge in [-0.05, 0) is 44.9 Å². The number of rotatable bonds is 5. The molecule has 0 aliphatic heterocycles. The zero-order chi connectivity index (χ0) is 16.0. The van der Waals surface area contributed by atoms with E-state index in [-0.39, 0.29) is 23.5 Å². The largest absolute Gasteiger partial charge is 0.481 e. The predicted molar refractivity (Wildman–Crippen MR) is 85.7 cm³/mol. The summed E-state index contributed by atoms with van der Waals surface area (Å²) in [5.41, 5.74) is -0.137. The van der Waals surface area contributed by atoms with Gasteiger partial charge in [-0.15, -0.1) is 6.58 Å². The number of carboxylic acids is 1. The van der Waals surface area contributed by atoms with Crippen molar-refractivity contribution in [1.82, 2.24) is 10.6 Å². The van der Waals surface area contributed by atoms with Crippen LogP contribution < -0.4 is 10.6 Å². The average molecular weight is 308 g/mol. The molecule has 5 nitrogen and oxygen atoms in total. The van der Waals surface area contributed by atoms with E-state index in [1.807, 2.05) is 6.08 Å². The smallest absolute Gasteiger partial charge is 0.315 e. The fourth-order valence-corrected chi connectivity index (χ4v) is 3.83. The van der Waals surface area contributed by atoms with Crippen molar-refractivity contribution in [3.63, 3.8) is 0 Å². The molecule has 0 aromatic rings. The van der Waals surface area contributed by atoms with E-state index in [2.05, 4.69) is 17.2 Å². The van der Waals surface area contributed by atoms with Crippen LogP contribution in [0.1, 0.15) is 64.2 Å². The van der Waals surface area contributed by atoms with Gasteiger partial charge < -0.3 is 15.7 Å². The molecule has 2 aliphatic rings. The van der Waals surface area contributed by atoms with Crippen LogP contribution in [-0.4, -0.2) is 28.7 Å². The summed E-state index contributed by atoms with van der Waals surface area (Å²) in [5, 5.41) is 15.2. The molecule has 2 aliphatic carbocycles. The highest BCUT2D eigenvalue weighted by atomic mass is 16.4. The monoisotopic (exact) mass is 308 g/mol. The normalized spacial score (nSPS) is 27.6. The average Bonchev–Trinajstić information content (AvgIpc) is 2.48. The summed E-state index contributed by atoms with van der Waals surface area (Å²) in [5.74, 6) is -0.957. The highest BCUT2D eigenvalue weighted by Crippen LogP contribution is 2.31. The van der Waals surface area contributed by atoms with Gasteiger partial charge in [-0.25, -0.2) is 4.79 Å². The number of hydrogen-bond donors (Lipinski definition) is 3. The molecule has 2 saturated carbocycles. The molecule has 0 aromatic carbocycles. The second-order valence-corrected chi connectivity index (χ2v) is 6.82. The topological polar surface area (TPSA) is 78.4 Å². The van der Waals surface area contributed by atoms with Crippen LogP contribution in [-0.2, 0) is 4.79 Å². The quantitative estimate of drug-likeness (QED) is 0.682. The number of aliphatic carboxylic acids is 1. The Morgan fingerprint density at radius 3 is 2.32 bits per heavy atom. The lowest BCUT2D eigenvalue weighted by Gasteiger charge is -2.38. The minimum absolute atomic E-state index is 0.0972. The standard InChI is InChI=1S/C17H28N2O3/c1-2-10-17(11-4-3-5-12-17)19-16(22)18-14-8-6-13(7-9-14)15(20)21/h2,13-14H,1,3-12H2,(H,20,21)(H2,18,19,22). The van der Waals surface area contributed by atoms with Gasteiger partial charge >= 0.3 is 12.0 Å². The third-order valence-corrected chi connectivity index (χ3v) is 5.14. The van der Waals surface area contributed by atoms with Gasteiger partial charge in [-0.3, -0.25) is 4.79 Å². The Morgan fingerprint density at radius 2 is 1.77 bits per heavy atom. The molecular formula is C17H28N2O3. The maximum absolute atomic E-state index is 12.3. The summed E-state index contributed by atoms with van der Waals surface area (Å²) >= 11 is 0. The summed E-state index contributed by atoms with van der Waals surface area (Å²) in [6.07, 6.45) is 11.1. The van der Waals surface area contributed by atoms with E-state index in [1.54, 1.807) is 0 Å². The zero-order valence-corrected chi connectivity index (χ0v) is 13.3. The SMILES string of the molecule is C=CCC1(NC(=O)NC2CCC(C(=O)O)CC2)CCCCC1. The summed E-state index contributed by atoms with van der Waals surface area (Å²) in [4.78, 5) is 23.3. The minimum atomic E-state index is -0.713. The lowest BCUT2D eigenvalue weighted by molar-refractivity contribution is -0.142. The van der Waals surface area contributed by atoms with Gasteiger partial charge in [0.1, 0.15) is 0 Å². The van der Waals surface area contributed by atoms with Crippen LogP contribution in [0, 0.1) is 5.92 Å². The van der Waals surface area contributed by atoms with Gasteiger partial charge in [-0.2, -0.15) is 0 Å². The molecule has 22 heavy (non-hydrogen) atoms. The molecule has 124 valence electrons. The van der Waals surface area contributed by atoms with Gasteiger partial charge in [0, 0.05) is 11.6 Å². The van der Waals surface area contributed by atoms with E-state index in [0.717, 1.165) is 44.9 Å². The number of carbonyl (C=O) groups is 2.